The molecule has 2 atom stereocenters. The quantitative estimate of drug-likeness (QED) is 0.455. The zero-order valence-electron chi connectivity index (χ0n) is 8.26. The van der Waals surface area contributed by atoms with E-state index in [-0.39, 0.29) is 10.8 Å². The standard InChI is InChI=1S/C11H18O/c1-4-5-10(2)6-7-11(3,8-10)9-12/h4-5,9H,6-8H2,1-3H3/b5-4+. The number of allylic oxidation sites excluding steroid dienone is 2. The first-order chi connectivity index (χ1) is 5.54. The number of hydrogen-bond acceptors (Lipinski definition) is 1. The van der Waals surface area contributed by atoms with Crippen molar-refractivity contribution < 1.29 is 4.79 Å². The van der Waals surface area contributed by atoms with Crippen LogP contribution < -0.4 is 0 Å². The Hall–Kier alpha value is -0.590. The van der Waals surface area contributed by atoms with Crippen molar-refractivity contribution in [1.29, 1.82) is 0 Å². The maximum Gasteiger partial charge on any atom is 0.125 e. The first-order valence-electron chi connectivity index (χ1n) is 4.64. The van der Waals surface area contributed by atoms with Crippen LogP contribution >= 0.6 is 0 Å². The van der Waals surface area contributed by atoms with Crippen LogP contribution in [-0.2, 0) is 4.79 Å². The van der Waals surface area contributed by atoms with E-state index in [4.69, 9.17) is 0 Å². The number of carbonyl (C=O) groups excluding carboxylic acids is 1. The second kappa shape index (κ2) is 3.04. The van der Waals surface area contributed by atoms with Crippen molar-refractivity contribution in [3.8, 4) is 0 Å². The van der Waals surface area contributed by atoms with Crippen molar-refractivity contribution in [2.45, 2.75) is 40.0 Å². The van der Waals surface area contributed by atoms with Crippen LogP contribution in [0.5, 0.6) is 0 Å². The van der Waals surface area contributed by atoms with Crippen molar-refractivity contribution in [2.24, 2.45) is 10.8 Å². The van der Waals surface area contributed by atoms with E-state index < -0.39 is 0 Å². The van der Waals surface area contributed by atoms with Gasteiger partial charge < -0.3 is 4.79 Å². The fourth-order valence-electron chi connectivity index (χ4n) is 2.32. The molecule has 2 unspecified atom stereocenters. The van der Waals surface area contributed by atoms with Crippen LogP contribution in [-0.4, -0.2) is 6.29 Å². The fraction of sp³-hybridized carbons (Fsp3) is 0.727. The summed E-state index contributed by atoms with van der Waals surface area (Å²) in [5.41, 5.74) is 0.207. The summed E-state index contributed by atoms with van der Waals surface area (Å²) in [5.74, 6) is 0. The van der Waals surface area contributed by atoms with Crippen molar-refractivity contribution in [1.82, 2.24) is 0 Å². The van der Waals surface area contributed by atoms with Gasteiger partial charge in [-0.05, 0) is 31.6 Å². The summed E-state index contributed by atoms with van der Waals surface area (Å²) in [5, 5.41) is 0. The van der Waals surface area contributed by atoms with Crippen LogP contribution in [0.2, 0.25) is 0 Å². The molecule has 0 saturated heterocycles. The van der Waals surface area contributed by atoms with E-state index in [1.54, 1.807) is 0 Å². The molecule has 1 heteroatoms. The van der Waals surface area contributed by atoms with E-state index in [2.05, 4.69) is 26.0 Å². The molecule has 1 fully saturated rings. The molecule has 0 amide bonds. The largest absolute Gasteiger partial charge is 0.303 e. The molecule has 12 heavy (non-hydrogen) atoms. The van der Waals surface area contributed by atoms with Gasteiger partial charge in [0.1, 0.15) is 6.29 Å². The highest BCUT2D eigenvalue weighted by Gasteiger charge is 2.40. The van der Waals surface area contributed by atoms with Gasteiger partial charge in [-0.25, -0.2) is 0 Å². The molecule has 0 spiro atoms. The molecular formula is C11H18O. The van der Waals surface area contributed by atoms with E-state index in [0.29, 0.717) is 0 Å². The summed E-state index contributed by atoms with van der Waals surface area (Å²) >= 11 is 0. The van der Waals surface area contributed by atoms with Crippen LogP contribution in [0.15, 0.2) is 12.2 Å². The molecule has 0 radical (unpaired) electrons. The number of rotatable bonds is 2. The Bertz CT molecular complexity index is 207. The Kier molecular flexibility index (Phi) is 2.41. The lowest BCUT2D eigenvalue weighted by Gasteiger charge is -2.21. The second-order valence-electron chi connectivity index (χ2n) is 4.60. The number of carbonyl (C=O) groups is 1. The van der Waals surface area contributed by atoms with Crippen LogP contribution in [0, 0.1) is 10.8 Å². The maximum atomic E-state index is 10.8. The molecule has 1 nitrogen and oxygen atoms in total. The van der Waals surface area contributed by atoms with Crippen LogP contribution in [0.1, 0.15) is 40.0 Å². The van der Waals surface area contributed by atoms with Gasteiger partial charge in [-0.2, -0.15) is 0 Å². The van der Waals surface area contributed by atoms with E-state index in [0.717, 1.165) is 25.5 Å². The molecule has 0 N–H and O–H groups in total. The van der Waals surface area contributed by atoms with Crippen molar-refractivity contribution in [3.05, 3.63) is 12.2 Å². The molecule has 1 saturated carbocycles. The van der Waals surface area contributed by atoms with Gasteiger partial charge in [0.2, 0.25) is 0 Å². The van der Waals surface area contributed by atoms with Gasteiger partial charge in [-0.3, -0.25) is 0 Å². The van der Waals surface area contributed by atoms with Crippen molar-refractivity contribution >= 4 is 6.29 Å². The SMILES string of the molecule is C/C=C/C1(C)CCC(C)(C=O)C1. The van der Waals surface area contributed by atoms with Gasteiger partial charge in [-0.1, -0.05) is 26.0 Å². The Morgan fingerprint density at radius 3 is 2.17 bits per heavy atom. The van der Waals surface area contributed by atoms with Gasteiger partial charge in [0.25, 0.3) is 0 Å². The molecule has 1 rings (SSSR count). The average molecular weight is 166 g/mol. The highest BCUT2D eigenvalue weighted by atomic mass is 16.1. The smallest absolute Gasteiger partial charge is 0.125 e. The van der Waals surface area contributed by atoms with E-state index in [1.807, 2.05) is 6.92 Å². The van der Waals surface area contributed by atoms with E-state index >= 15 is 0 Å². The summed E-state index contributed by atoms with van der Waals surface area (Å²) in [6.07, 6.45) is 8.65. The predicted octanol–water partition coefficient (Wildman–Crippen LogP) is 2.96. The Morgan fingerprint density at radius 2 is 1.75 bits per heavy atom. The number of hydrogen-bond donors (Lipinski definition) is 0. The zero-order valence-corrected chi connectivity index (χ0v) is 8.26. The third-order valence-corrected chi connectivity index (χ3v) is 2.93. The highest BCUT2D eigenvalue weighted by Crippen LogP contribution is 2.48. The monoisotopic (exact) mass is 166 g/mol. The summed E-state index contributed by atoms with van der Waals surface area (Å²) in [6, 6.07) is 0. The molecule has 0 aliphatic heterocycles. The molecular weight excluding hydrogens is 148 g/mol. The second-order valence-corrected chi connectivity index (χ2v) is 4.60. The van der Waals surface area contributed by atoms with E-state index in [9.17, 15) is 4.79 Å². The molecule has 0 heterocycles. The molecule has 0 aromatic heterocycles. The topological polar surface area (TPSA) is 17.1 Å². The minimum absolute atomic E-state index is 0.0613. The van der Waals surface area contributed by atoms with Crippen LogP contribution in [0.3, 0.4) is 0 Å². The third kappa shape index (κ3) is 1.77. The van der Waals surface area contributed by atoms with Crippen molar-refractivity contribution in [3.63, 3.8) is 0 Å². The lowest BCUT2D eigenvalue weighted by molar-refractivity contribution is -0.115. The lowest BCUT2D eigenvalue weighted by atomic mass is 9.83. The fourth-order valence-corrected chi connectivity index (χ4v) is 2.32. The Morgan fingerprint density at radius 1 is 1.17 bits per heavy atom. The lowest BCUT2D eigenvalue weighted by Crippen LogP contribution is -2.16. The van der Waals surface area contributed by atoms with Crippen molar-refractivity contribution in [2.75, 3.05) is 0 Å². The molecule has 1 aliphatic rings. The summed E-state index contributed by atoms with van der Waals surface area (Å²) in [4.78, 5) is 10.8. The summed E-state index contributed by atoms with van der Waals surface area (Å²) in [7, 11) is 0. The van der Waals surface area contributed by atoms with Gasteiger partial charge in [0.05, 0.1) is 0 Å². The molecule has 0 aromatic rings. The van der Waals surface area contributed by atoms with Crippen LogP contribution in [0.4, 0.5) is 0 Å². The van der Waals surface area contributed by atoms with E-state index in [1.165, 1.54) is 0 Å². The Labute approximate surface area is 74.9 Å². The van der Waals surface area contributed by atoms with Gasteiger partial charge in [-0.15, -0.1) is 0 Å². The third-order valence-electron chi connectivity index (χ3n) is 2.93. The first kappa shape index (κ1) is 9.50. The molecule has 0 bridgehead atoms. The first-order valence-corrected chi connectivity index (χ1v) is 4.64. The minimum Gasteiger partial charge on any atom is -0.303 e. The highest BCUT2D eigenvalue weighted by molar-refractivity contribution is 5.59. The average Bonchev–Trinajstić information content (AvgIpc) is 2.30. The normalized spacial score (nSPS) is 42.2. The molecule has 68 valence electrons. The van der Waals surface area contributed by atoms with Crippen LogP contribution in [0.25, 0.3) is 0 Å². The summed E-state index contributed by atoms with van der Waals surface area (Å²) < 4.78 is 0. The molecule has 1 aliphatic carbocycles. The predicted molar refractivity (Wildman–Crippen MR) is 50.9 cm³/mol. The Balaban J connectivity index is 2.72. The summed E-state index contributed by atoms with van der Waals surface area (Å²) in [6.45, 7) is 6.35. The zero-order chi connectivity index (χ0) is 9.24. The maximum absolute atomic E-state index is 10.8. The van der Waals surface area contributed by atoms with Gasteiger partial charge >= 0.3 is 0 Å². The minimum atomic E-state index is -0.0613. The van der Waals surface area contributed by atoms with Gasteiger partial charge in [0.15, 0.2) is 0 Å². The van der Waals surface area contributed by atoms with Gasteiger partial charge in [0, 0.05) is 5.41 Å². The molecule has 0 aromatic carbocycles. The number of aldehydes is 1.